The molecule has 1 atom stereocenters. The summed E-state index contributed by atoms with van der Waals surface area (Å²) < 4.78 is 16.4. The zero-order valence-corrected chi connectivity index (χ0v) is 19.0. The van der Waals surface area contributed by atoms with Gasteiger partial charge in [-0.3, -0.25) is 23.9 Å². The third kappa shape index (κ3) is 5.39. The van der Waals surface area contributed by atoms with Crippen molar-refractivity contribution < 1.29 is 14.0 Å². The molecule has 1 aliphatic heterocycles. The SMILES string of the molecule is C=C1CN(CC(=O)Nc2ccc(-n3ccccc3=O)cc2F)C[C@@H]1NC(=O)c1ccc(Cl)s1. The number of hydrogen-bond donors (Lipinski definition) is 2. The molecule has 170 valence electrons. The van der Waals surface area contributed by atoms with Gasteiger partial charge < -0.3 is 10.6 Å². The molecule has 3 heterocycles. The molecular formula is C23H20ClFN4O3S. The topological polar surface area (TPSA) is 83.4 Å². The van der Waals surface area contributed by atoms with Gasteiger partial charge in [0.2, 0.25) is 5.91 Å². The molecule has 0 spiro atoms. The molecule has 2 N–H and O–H groups in total. The first-order valence-corrected chi connectivity index (χ1v) is 11.2. The minimum absolute atomic E-state index is 0.00948. The van der Waals surface area contributed by atoms with Crippen molar-refractivity contribution in [1.29, 1.82) is 0 Å². The Labute approximate surface area is 198 Å². The van der Waals surface area contributed by atoms with Crippen LogP contribution in [-0.4, -0.2) is 47.0 Å². The van der Waals surface area contributed by atoms with Crippen molar-refractivity contribution >= 4 is 40.4 Å². The fraction of sp³-hybridized carbons (Fsp3) is 0.174. The van der Waals surface area contributed by atoms with Gasteiger partial charge in [0.05, 0.1) is 33.2 Å². The standard InChI is InChI=1S/C23H20ClFN4O3S/c1-14-11-28(12-18(14)27-23(32)19-7-8-20(24)33-19)13-21(30)26-17-6-5-15(10-16(17)25)29-9-3-2-4-22(29)31/h2-10,18H,1,11-13H2,(H,26,30)(H,27,32)/t18-/m0/s1. The molecule has 7 nitrogen and oxygen atoms in total. The number of nitrogens with zero attached hydrogens (tertiary/aromatic N) is 2. The molecule has 4 rings (SSSR count). The number of hydrogen-bond acceptors (Lipinski definition) is 5. The predicted molar refractivity (Wildman–Crippen MR) is 127 cm³/mol. The molecule has 1 saturated heterocycles. The van der Waals surface area contributed by atoms with Crippen LogP contribution in [0.3, 0.4) is 0 Å². The lowest BCUT2D eigenvalue weighted by molar-refractivity contribution is -0.117. The number of carbonyl (C=O) groups is 2. The van der Waals surface area contributed by atoms with Crippen molar-refractivity contribution in [2.45, 2.75) is 6.04 Å². The Hall–Kier alpha value is -3.27. The van der Waals surface area contributed by atoms with Gasteiger partial charge in [-0.2, -0.15) is 0 Å². The zero-order valence-electron chi connectivity index (χ0n) is 17.4. The number of pyridine rings is 1. The van der Waals surface area contributed by atoms with Crippen LogP contribution < -0.4 is 16.2 Å². The normalized spacial score (nSPS) is 16.1. The molecule has 0 saturated carbocycles. The molecule has 10 heteroatoms. The minimum atomic E-state index is -0.651. The molecule has 1 aromatic carbocycles. The third-order valence-electron chi connectivity index (χ3n) is 5.16. The first-order chi connectivity index (χ1) is 15.8. The maximum absolute atomic E-state index is 14.6. The molecular weight excluding hydrogens is 467 g/mol. The molecule has 0 aliphatic carbocycles. The maximum atomic E-state index is 14.6. The summed E-state index contributed by atoms with van der Waals surface area (Å²) in [5.41, 5.74) is 0.872. The molecule has 0 radical (unpaired) electrons. The lowest BCUT2D eigenvalue weighted by Gasteiger charge is -2.16. The fourth-order valence-corrected chi connectivity index (χ4v) is 4.52. The summed E-state index contributed by atoms with van der Waals surface area (Å²) in [7, 11) is 0. The van der Waals surface area contributed by atoms with Crippen LogP contribution in [0.15, 0.2) is 71.7 Å². The summed E-state index contributed by atoms with van der Waals surface area (Å²) in [6, 6.07) is 11.8. The Morgan fingerprint density at radius 1 is 1.21 bits per heavy atom. The first kappa shape index (κ1) is 22.9. The number of aromatic nitrogens is 1. The average Bonchev–Trinajstić information content (AvgIpc) is 3.35. The monoisotopic (exact) mass is 486 g/mol. The van der Waals surface area contributed by atoms with E-state index in [0.717, 1.165) is 5.57 Å². The van der Waals surface area contributed by atoms with Crippen LogP contribution in [-0.2, 0) is 4.79 Å². The van der Waals surface area contributed by atoms with E-state index in [1.54, 1.807) is 30.3 Å². The van der Waals surface area contributed by atoms with Crippen LogP contribution in [0.25, 0.3) is 5.69 Å². The van der Waals surface area contributed by atoms with Crippen molar-refractivity contribution in [3.05, 3.63) is 92.3 Å². The van der Waals surface area contributed by atoms with Gasteiger partial charge in [-0.25, -0.2) is 4.39 Å². The largest absolute Gasteiger partial charge is 0.344 e. The molecule has 3 aromatic rings. The Bertz CT molecular complexity index is 1290. The predicted octanol–water partition coefficient (Wildman–Crippen LogP) is 3.30. The van der Waals surface area contributed by atoms with Gasteiger partial charge in [0, 0.05) is 31.4 Å². The van der Waals surface area contributed by atoms with Crippen molar-refractivity contribution in [3.8, 4) is 5.69 Å². The summed E-state index contributed by atoms with van der Waals surface area (Å²) in [5.74, 6) is -1.30. The highest BCUT2D eigenvalue weighted by atomic mass is 35.5. The highest BCUT2D eigenvalue weighted by Crippen LogP contribution is 2.23. The minimum Gasteiger partial charge on any atom is -0.344 e. The quantitative estimate of drug-likeness (QED) is 0.524. The highest BCUT2D eigenvalue weighted by Gasteiger charge is 2.29. The van der Waals surface area contributed by atoms with Gasteiger partial charge >= 0.3 is 0 Å². The molecule has 0 bridgehead atoms. The van der Waals surface area contributed by atoms with E-state index in [2.05, 4.69) is 17.2 Å². The van der Waals surface area contributed by atoms with Crippen LogP contribution in [0.2, 0.25) is 4.34 Å². The van der Waals surface area contributed by atoms with Crippen molar-refractivity contribution in [3.63, 3.8) is 0 Å². The average molecular weight is 487 g/mol. The lowest BCUT2D eigenvalue weighted by atomic mass is 10.2. The second-order valence-corrected chi connectivity index (χ2v) is 9.29. The number of amides is 2. The Balaban J connectivity index is 1.34. The molecule has 2 amide bonds. The summed E-state index contributed by atoms with van der Waals surface area (Å²) in [5, 5.41) is 5.46. The van der Waals surface area contributed by atoms with Gasteiger partial charge in [-0.1, -0.05) is 24.2 Å². The van der Waals surface area contributed by atoms with Crippen LogP contribution in [0.5, 0.6) is 0 Å². The lowest BCUT2D eigenvalue weighted by Crippen LogP contribution is -2.39. The van der Waals surface area contributed by atoms with Gasteiger partial charge in [0.25, 0.3) is 11.5 Å². The second kappa shape index (κ2) is 9.70. The van der Waals surface area contributed by atoms with E-state index < -0.39 is 11.7 Å². The molecule has 2 aromatic heterocycles. The molecule has 0 unspecified atom stereocenters. The summed E-state index contributed by atoms with van der Waals surface area (Å²) >= 11 is 7.07. The maximum Gasteiger partial charge on any atom is 0.261 e. The molecule has 33 heavy (non-hydrogen) atoms. The number of anilines is 1. The number of thiophene rings is 1. The van der Waals surface area contributed by atoms with Crippen LogP contribution in [0, 0.1) is 5.82 Å². The number of carbonyl (C=O) groups excluding carboxylic acids is 2. The van der Waals surface area contributed by atoms with Gasteiger partial charge in [-0.15, -0.1) is 11.3 Å². The van der Waals surface area contributed by atoms with Gasteiger partial charge in [-0.05, 0) is 35.9 Å². The molecule has 1 aliphatic rings. The van der Waals surface area contributed by atoms with E-state index in [4.69, 9.17) is 11.6 Å². The van der Waals surface area contributed by atoms with E-state index in [9.17, 15) is 18.8 Å². The van der Waals surface area contributed by atoms with Crippen LogP contribution in [0.4, 0.5) is 10.1 Å². The Morgan fingerprint density at radius 2 is 2.03 bits per heavy atom. The van der Waals surface area contributed by atoms with Gasteiger partial charge in [0.15, 0.2) is 0 Å². The summed E-state index contributed by atoms with van der Waals surface area (Å²) in [6.45, 7) is 4.84. The third-order valence-corrected chi connectivity index (χ3v) is 6.39. The van der Waals surface area contributed by atoms with E-state index in [0.29, 0.717) is 28.0 Å². The zero-order chi connectivity index (χ0) is 23.5. The summed E-state index contributed by atoms with van der Waals surface area (Å²) in [6.07, 6.45) is 1.54. The number of rotatable bonds is 6. The number of nitrogens with one attached hydrogen (secondary N) is 2. The van der Waals surface area contributed by atoms with Crippen molar-refractivity contribution in [2.24, 2.45) is 0 Å². The highest BCUT2D eigenvalue weighted by molar-refractivity contribution is 7.18. The Morgan fingerprint density at radius 3 is 2.73 bits per heavy atom. The number of halogens is 2. The number of benzene rings is 1. The Kier molecular flexibility index (Phi) is 6.73. The molecule has 1 fully saturated rings. The van der Waals surface area contributed by atoms with E-state index in [-0.39, 0.29) is 29.7 Å². The van der Waals surface area contributed by atoms with Gasteiger partial charge in [0.1, 0.15) is 5.82 Å². The van der Waals surface area contributed by atoms with Crippen LogP contribution >= 0.6 is 22.9 Å². The first-order valence-electron chi connectivity index (χ1n) is 10.0. The van der Waals surface area contributed by atoms with Crippen LogP contribution in [0.1, 0.15) is 9.67 Å². The van der Waals surface area contributed by atoms with Crippen molar-refractivity contribution in [1.82, 2.24) is 14.8 Å². The second-order valence-electron chi connectivity index (χ2n) is 7.58. The smallest absolute Gasteiger partial charge is 0.261 e. The van der Waals surface area contributed by atoms with Crippen molar-refractivity contribution in [2.75, 3.05) is 25.0 Å². The van der Waals surface area contributed by atoms with E-state index in [1.165, 1.54) is 40.3 Å². The fourth-order valence-electron chi connectivity index (χ4n) is 3.57. The van der Waals surface area contributed by atoms with E-state index in [1.807, 2.05) is 4.90 Å². The summed E-state index contributed by atoms with van der Waals surface area (Å²) in [4.78, 5) is 39.1. The number of likely N-dealkylation sites (tertiary alicyclic amines) is 1. The van der Waals surface area contributed by atoms with E-state index >= 15 is 0 Å².